The first-order chi connectivity index (χ1) is 8.00. The van der Waals surface area contributed by atoms with Crippen molar-refractivity contribution in [2.24, 2.45) is 5.73 Å². The van der Waals surface area contributed by atoms with Crippen molar-refractivity contribution in [3.05, 3.63) is 30.1 Å². The van der Waals surface area contributed by atoms with Crippen molar-refractivity contribution in [2.45, 2.75) is 12.5 Å². The molecule has 0 saturated heterocycles. The number of carbonyl (C=O) groups excluding carboxylic acids is 2. The molecule has 0 aromatic carbocycles. The van der Waals surface area contributed by atoms with Crippen LogP contribution in [0.4, 0.5) is 0 Å². The highest BCUT2D eigenvalue weighted by molar-refractivity contribution is 5.96. The third-order valence-corrected chi connectivity index (χ3v) is 1.91. The van der Waals surface area contributed by atoms with E-state index < -0.39 is 30.2 Å². The number of nitrogens with zero attached hydrogens (tertiary/aromatic N) is 1. The minimum absolute atomic E-state index is 0.0724. The number of carbonyl (C=O) groups is 3. The normalized spacial score (nSPS) is 11.5. The van der Waals surface area contributed by atoms with Crippen molar-refractivity contribution in [2.75, 3.05) is 0 Å². The summed E-state index contributed by atoms with van der Waals surface area (Å²) in [4.78, 5) is 36.7. The quantitative estimate of drug-likeness (QED) is 0.615. The molecule has 1 heterocycles. The van der Waals surface area contributed by atoms with E-state index in [0.717, 1.165) is 0 Å². The summed E-state index contributed by atoms with van der Waals surface area (Å²) in [6.07, 6.45) is 0.937. The first-order valence-electron chi connectivity index (χ1n) is 4.73. The van der Waals surface area contributed by atoms with E-state index in [4.69, 9.17) is 10.8 Å². The van der Waals surface area contributed by atoms with Crippen LogP contribution in [0.3, 0.4) is 0 Å². The predicted octanol–water partition coefficient (Wildman–Crippen LogP) is -0.860. The average molecular weight is 237 g/mol. The Bertz CT molecular complexity index is 432. The molecule has 17 heavy (non-hydrogen) atoms. The maximum atomic E-state index is 11.6. The number of primary amides is 1. The molecular formula is C10H11N3O4. The van der Waals surface area contributed by atoms with Gasteiger partial charge in [0.05, 0.1) is 6.42 Å². The molecular weight excluding hydrogens is 226 g/mol. The Labute approximate surface area is 96.6 Å². The Morgan fingerprint density at radius 3 is 2.59 bits per heavy atom. The second kappa shape index (κ2) is 5.59. The van der Waals surface area contributed by atoms with Crippen molar-refractivity contribution in [3.8, 4) is 0 Å². The van der Waals surface area contributed by atoms with Crippen molar-refractivity contribution in [3.63, 3.8) is 0 Å². The standard InChI is InChI=1S/C10H11N3O4/c11-8(14)5-7(10(16)17)13-9(15)6-3-1-2-4-12-6/h1-4,7H,5H2,(H2,11,14)(H,13,15)(H,16,17)/t7-/m1/s1. The van der Waals surface area contributed by atoms with E-state index in [9.17, 15) is 14.4 Å². The third-order valence-electron chi connectivity index (χ3n) is 1.91. The van der Waals surface area contributed by atoms with E-state index >= 15 is 0 Å². The van der Waals surface area contributed by atoms with E-state index in [1.54, 1.807) is 12.1 Å². The van der Waals surface area contributed by atoms with Crippen LogP contribution in [0.1, 0.15) is 16.9 Å². The Hall–Kier alpha value is -2.44. The number of nitrogens with two attached hydrogens (primary N) is 1. The number of carboxylic acid groups (broad SMARTS) is 1. The first-order valence-corrected chi connectivity index (χ1v) is 4.73. The van der Waals surface area contributed by atoms with Crippen molar-refractivity contribution < 1.29 is 19.5 Å². The average Bonchev–Trinajstić information content (AvgIpc) is 2.28. The number of aliphatic carboxylic acids is 1. The van der Waals surface area contributed by atoms with Crippen LogP contribution in [-0.4, -0.2) is 33.9 Å². The van der Waals surface area contributed by atoms with Gasteiger partial charge in [-0.1, -0.05) is 6.07 Å². The van der Waals surface area contributed by atoms with Gasteiger partial charge in [0.1, 0.15) is 11.7 Å². The summed E-state index contributed by atoms with van der Waals surface area (Å²) < 4.78 is 0. The fourth-order valence-corrected chi connectivity index (χ4v) is 1.13. The summed E-state index contributed by atoms with van der Waals surface area (Å²) in [6.45, 7) is 0. The molecule has 0 aliphatic heterocycles. The van der Waals surface area contributed by atoms with Crippen LogP contribution >= 0.6 is 0 Å². The fourth-order valence-electron chi connectivity index (χ4n) is 1.13. The summed E-state index contributed by atoms with van der Waals surface area (Å²) in [5.74, 6) is -2.80. The van der Waals surface area contributed by atoms with Crippen LogP contribution in [0.2, 0.25) is 0 Å². The highest BCUT2D eigenvalue weighted by atomic mass is 16.4. The van der Waals surface area contributed by atoms with E-state index in [1.165, 1.54) is 12.3 Å². The Balaban J connectivity index is 2.71. The van der Waals surface area contributed by atoms with Gasteiger partial charge >= 0.3 is 5.97 Å². The lowest BCUT2D eigenvalue weighted by Gasteiger charge is -2.12. The SMILES string of the molecule is NC(=O)C[C@@H](NC(=O)c1ccccn1)C(=O)O. The monoisotopic (exact) mass is 237 g/mol. The topological polar surface area (TPSA) is 122 Å². The van der Waals surface area contributed by atoms with Crippen molar-refractivity contribution in [1.29, 1.82) is 0 Å². The molecule has 0 fully saturated rings. The van der Waals surface area contributed by atoms with E-state index in [1.807, 2.05) is 0 Å². The van der Waals surface area contributed by atoms with Gasteiger partial charge in [-0.3, -0.25) is 14.6 Å². The molecule has 0 saturated carbocycles. The zero-order valence-corrected chi connectivity index (χ0v) is 8.79. The van der Waals surface area contributed by atoms with E-state index in [0.29, 0.717) is 0 Å². The van der Waals surface area contributed by atoms with Gasteiger partial charge in [-0.25, -0.2) is 4.79 Å². The number of carboxylic acids is 1. The van der Waals surface area contributed by atoms with Crippen LogP contribution in [0, 0.1) is 0 Å². The van der Waals surface area contributed by atoms with Crippen LogP contribution in [-0.2, 0) is 9.59 Å². The summed E-state index contributed by atoms with van der Waals surface area (Å²) in [5.41, 5.74) is 4.95. The van der Waals surface area contributed by atoms with Crippen LogP contribution in [0.5, 0.6) is 0 Å². The van der Waals surface area contributed by atoms with Crippen molar-refractivity contribution in [1.82, 2.24) is 10.3 Å². The maximum absolute atomic E-state index is 11.6. The molecule has 1 atom stereocenters. The molecule has 7 nitrogen and oxygen atoms in total. The molecule has 1 rings (SSSR count). The maximum Gasteiger partial charge on any atom is 0.326 e. The Morgan fingerprint density at radius 2 is 2.12 bits per heavy atom. The number of rotatable bonds is 5. The van der Waals surface area contributed by atoms with Gasteiger partial charge in [0, 0.05) is 6.20 Å². The summed E-state index contributed by atoms with van der Waals surface area (Å²) >= 11 is 0. The summed E-state index contributed by atoms with van der Waals surface area (Å²) in [5, 5.41) is 10.9. The van der Waals surface area contributed by atoms with Gasteiger partial charge in [-0.05, 0) is 12.1 Å². The Kier molecular flexibility index (Phi) is 4.15. The first kappa shape index (κ1) is 12.6. The predicted molar refractivity (Wildman–Crippen MR) is 56.9 cm³/mol. The molecule has 1 aromatic heterocycles. The largest absolute Gasteiger partial charge is 0.480 e. The van der Waals surface area contributed by atoms with Crippen molar-refractivity contribution >= 4 is 17.8 Å². The number of hydrogen-bond donors (Lipinski definition) is 3. The van der Waals surface area contributed by atoms with E-state index in [-0.39, 0.29) is 5.69 Å². The highest BCUT2D eigenvalue weighted by Crippen LogP contribution is 1.97. The van der Waals surface area contributed by atoms with Gasteiger partial charge < -0.3 is 16.2 Å². The van der Waals surface area contributed by atoms with Crippen LogP contribution < -0.4 is 11.1 Å². The van der Waals surface area contributed by atoms with E-state index in [2.05, 4.69) is 10.3 Å². The van der Waals surface area contributed by atoms with Gasteiger partial charge in [0.25, 0.3) is 5.91 Å². The van der Waals surface area contributed by atoms with Gasteiger partial charge in [-0.2, -0.15) is 0 Å². The minimum Gasteiger partial charge on any atom is -0.480 e. The zero-order chi connectivity index (χ0) is 12.8. The highest BCUT2D eigenvalue weighted by Gasteiger charge is 2.22. The lowest BCUT2D eigenvalue weighted by atomic mass is 10.2. The number of amides is 2. The molecule has 0 bridgehead atoms. The molecule has 0 spiro atoms. The second-order valence-corrected chi connectivity index (χ2v) is 3.25. The number of aromatic nitrogens is 1. The fraction of sp³-hybridized carbons (Fsp3) is 0.200. The lowest BCUT2D eigenvalue weighted by Crippen LogP contribution is -2.43. The number of hydrogen-bond acceptors (Lipinski definition) is 4. The lowest BCUT2D eigenvalue weighted by molar-refractivity contribution is -0.140. The molecule has 0 aliphatic rings. The molecule has 7 heteroatoms. The zero-order valence-electron chi connectivity index (χ0n) is 8.79. The molecule has 0 radical (unpaired) electrons. The molecule has 2 amide bonds. The molecule has 90 valence electrons. The number of pyridine rings is 1. The minimum atomic E-state index is -1.35. The van der Waals surface area contributed by atoms with Gasteiger partial charge in [0.15, 0.2) is 0 Å². The molecule has 1 aromatic rings. The third kappa shape index (κ3) is 3.90. The smallest absolute Gasteiger partial charge is 0.326 e. The van der Waals surface area contributed by atoms with Crippen LogP contribution in [0.15, 0.2) is 24.4 Å². The second-order valence-electron chi connectivity index (χ2n) is 3.25. The van der Waals surface area contributed by atoms with Gasteiger partial charge in [-0.15, -0.1) is 0 Å². The van der Waals surface area contributed by atoms with Gasteiger partial charge in [0.2, 0.25) is 5.91 Å². The molecule has 0 unspecified atom stereocenters. The summed E-state index contributed by atoms with van der Waals surface area (Å²) in [6, 6.07) is 3.29. The number of nitrogens with one attached hydrogen (secondary N) is 1. The molecule has 0 aliphatic carbocycles. The molecule has 4 N–H and O–H groups in total. The van der Waals surface area contributed by atoms with Crippen LogP contribution in [0.25, 0.3) is 0 Å². The summed E-state index contributed by atoms with van der Waals surface area (Å²) in [7, 11) is 0. The Morgan fingerprint density at radius 1 is 1.41 bits per heavy atom.